The smallest absolute Gasteiger partial charge is 0.159 e. The molecule has 2 aromatic heterocycles. The van der Waals surface area contributed by atoms with E-state index in [-0.39, 0.29) is 27.6 Å². The summed E-state index contributed by atoms with van der Waals surface area (Å²) in [6.07, 6.45) is 6.66. The van der Waals surface area contributed by atoms with E-state index in [1.807, 2.05) is 20.8 Å². The van der Waals surface area contributed by atoms with E-state index in [2.05, 4.69) is 57.2 Å². The van der Waals surface area contributed by atoms with Crippen molar-refractivity contribution in [3.8, 4) is 23.1 Å². The van der Waals surface area contributed by atoms with E-state index in [4.69, 9.17) is 15.5 Å². The predicted octanol–water partition coefficient (Wildman–Crippen LogP) is 7.06. The van der Waals surface area contributed by atoms with Gasteiger partial charge < -0.3 is 20.5 Å². The minimum atomic E-state index is -0.565. The molecule has 3 aromatic rings. The van der Waals surface area contributed by atoms with Gasteiger partial charge in [-0.15, -0.1) is 11.3 Å². The lowest BCUT2D eigenvalue weighted by molar-refractivity contribution is 0.134. The number of aromatic hydroxyl groups is 1. The summed E-state index contributed by atoms with van der Waals surface area (Å²) in [5.74, 6) is 1.76. The number of pyridine rings is 1. The molecule has 2 aliphatic heterocycles. The molecule has 0 spiro atoms. The predicted molar refractivity (Wildman–Crippen MR) is 178 cm³/mol. The Morgan fingerprint density at radius 3 is 2.58 bits per heavy atom. The molecule has 0 saturated carbocycles. The van der Waals surface area contributed by atoms with E-state index in [9.17, 15) is 14.8 Å². The van der Waals surface area contributed by atoms with E-state index in [0.29, 0.717) is 45.6 Å². The molecular weight excluding hydrogens is 561 g/mol. The number of ether oxygens (including phenoxy) is 1. The normalized spacial score (nSPS) is 18.3. The second-order valence-corrected chi connectivity index (χ2v) is 12.4. The maximum Gasteiger partial charge on any atom is 0.159 e. The van der Waals surface area contributed by atoms with Crippen molar-refractivity contribution in [1.82, 2.24) is 9.88 Å². The van der Waals surface area contributed by atoms with Crippen molar-refractivity contribution >= 4 is 45.0 Å². The number of fused-ring (bicyclic) bond motifs is 2. The lowest BCUT2D eigenvalue weighted by Crippen LogP contribution is -2.34. The number of hydrogen-bond donors (Lipinski definition) is 2. The molecule has 4 heterocycles. The molecule has 1 aromatic carbocycles. The third kappa shape index (κ3) is 6.86. The Kier molecular flexibility index (Phi) is 11.7. The standard InChI is InChI=1S/C26H26FN5O2S.C6H14.C2H6/c1-12-5-6-32(14(12)3)15(4)30-8-17-13(2)24(33)21(19-11-34-10-18(17)19)23-22-16(7-28)26(29)35-25(22)20(27)9-31-23;1-4-5-6(2)3;1-2/h8-9,12,14,33H,2,5-6,10-11,29H2,1,3-4H3;6H,4-5H2,1-3H3;1-2H3/b17-8+,30-15?;;. The molecule has 0 amide bonds. The minimum absolute atomic E-state index is 0.0921. The average Bonchev–Trinajstić information content (AvgIpc) is 3.68. The molecule has 5 rings (SSSR count). The number of aliphatic imine (C=N–C) groups is 1. The van der Waals surface area contributed by atoms with Gasteiger partial charge in [-0.25, -0.2) is 9.38 Å². The molecular formula is C34H46FN5O2S. The van der Waals surface area contributed by atoms with Crippen molar-refractivity contribution in [1.29, 1.82) is 5.26 Å². The number of anilines is 1. The van der Waals surface area contributed by atoms with Gasteiger partial charge in [0.05, 0.1) is 35.4 Å². The molecule has 9 heteroatoms. The van der Waals surface area contributed by atoms with E-state index in [0.717, 1.165) is 53.4 Å². The molecule has 1 saturated heterocycles. The molecule has 0 radical (unpaired) electrons. The van der Waals surface area contributed by atoms with Crippen molar-refractivity contribution in [2.75, 3.05) is 12.3 Å². The largest absolute Gasteiger partial charge is 0.507 e. The summed E-state index contributed by atoms with van der Waals surface area (Å²) in [4.78, 5) is 11.3. The molecule has 232 valence electrons. The Hall–Kier alpha value is -3.48. The average molecular weight is 608 g/mol. The number of hydrogen-bond acceptors (Lipinski definition) is 7. The topological polar surface area (TPSA) is 108 Å². The quantitative estimate of drug-likeness (QED) is 0.243. The zero-order valence-electron chi connectivity index (χ0n) is 26.8. The molecule has 0 aliphatic carbocycles. The lowest BCUT2D eigenvalue weighted by Gasteiger charge is -2.24. The number of nitrogen functional groups attached to an aromatic ring is 1. The van der Waals surface area contributed by atoms with Crippen LogP contribution in [0.25, 0.3) is 34.1 Å². The second kappa shape index (κ2) is 14.8. The van der Waals surface area contributed by atoms with Crippen molar-refractivity contribution < 1.29 is 14.2 Å². The van der Waals surface area contributed by atoms with Crippen LogP contribution in [0.2, 0.25) is 0 Å². The molecule has 0 bridgehead atoms. The van der Waals surface area contributed by atoms with E-state index in [1.54, 1.807) is 6.20 Å². The Labute approximate surface area is 259 Å². The number of likely N-dealkylation sites (tertiary alicyclic amines) is 1. The first-order valence-corrected chi connectivity index (χ1v) is 16.0. The van der Waals surface area contributed by atoms with Crippen LogP contribution in [0.4, 0.5) is 9.39 Å². The third-order valence-corrected chi connectivity index (χ3v) is 9.21. The Balaban J connectivity index is 0.000000566. The molecule has 3 N–H and O–H groups in total. The SMILES string of the molecule is C=c1c(O)c(-c2ncc(F)c3sc(N)c(C#N)c23)c2c(/c1=C/N=C(C)N1CCC(C)C1C)COC2.CC.CCCC(C)C. The van der Waals surface area contributed by atoms with Gasteiger partial charge in [-0.2, -0.15) is 5.26 Å². The lowest BCUT2D eigenvalue weighted by atomic mass is 9.94. The summed E-state index contributed by atoms with van der Waals surface area (Å²) in [5.41, 5.74) is 8.41. The molecule has 2 aliphatic rings. The molecule has 2 atom stereocenters. The fourth-order valence-electron chi connectivity index (χ4n) is 5.66. The van der Waals surface area contributed by atoms with Gasteiger partial charge in [0, 0.05) is 40.2 Å². The van der Waals surface area contributed by atoms with Gasteiger partial charge in [0.25, 0.3) is 0 Å². The summed E-state index contributed by atoms with van der Waals surface area (Å²) >= 11 is 0.992. The van der Waals surface area contributed by atoms with Gasteiger partial charge in [-0.05, 0) is 43.2 Å². The van der Waals surface area contributed by atoms with E-state index >= 15 is 0 Å². The molecule has 7 nitrogen and oxygen atoms in total. The number of halogens is 1. The van der Waals surface area contributed by atoms with Gasteiger partial charge in [0.1, 0.15) is 22.7 Å². The van der Waals surface area contributed by atoms with Gasteiger partial charge in [-0.3, -0.25) is 4.98 Å². The van der Waals surface area contributed by atoms with Gasteiger partial charge in [-0.1, -0.05) is 61.0 Å². The van der Waals surface area contributed by atoms with E-state index in [1.165, 1.54) is 12.8 Å². The number of phenols is 1. The van der Waals surface area contributed by atoms with Gasteiger partial charge in [0.15, 0.2) is 5.82 Å². The highest BCUT2D eigenvalue weighted by molar-refractivity contribution is 7.23. The van der Waals surface area contributed by atoms with Crippen LogP contribution in [0, 0.1) is 29.0 Å². The van der Waals surface area contributed by atoms with Gasteiger partial charge in [0.2, 0.25) is 0 Å². The number of nitrogens with two attached hydrogens (primary N) is 1. The van der Waals surface area contributed by atoms with Crippen molar-refractivity contribution in [2.24, 2.45) is 16.8 Å². The first-order chi connectivity index (χ1) is 20.5. The zero-order chi connectivity index (χ0) is 32.0. The van der Waals surface area contributed by atoms with Crippen molar-refractivity contribution in [3.05, 3.63) is 39.1 Å². The van der Waals surface area contributed by atoms with Crippen LogP contribution in [0.1, 0.15) is 91.3 Å². The van der Waals surface area contributed by atoms with Crippen LogP contribution in [0.15, 0.2) is 11.2 Å². The molecule has 43 heavy (non-hydrogen) atoms. The number of benzene rings is 1. The molecule has 2 unspecified atom stereocenters. The van der Waals surface area contributed by atoms with Crippen LogP contribution in [0.5, 0.6) is 5.75 Å². The highest BCUT2D eigenvalue weighted by atomic mass is 32.1. The maximum absolute atomic E-state index is 14.5. The highest BCUT2D eigenvalue weighted by Crippen LogP contribution is 2.43. The van der Waals surface area contributed by atoms with Gasteiger partial charge >= 0.3 is 0 Å². The number of aromatic nitrogens is 1. The summed E-state index contributed by atoms with van der Waals surface area (Å²) in [6.45, 7) is 22.8. The third-order valence-electron chi connectivity index (χ3n) is 8.18. The number of nitriles is 1. The van der Waals surface area contributed by atoms with Crippen LogP contribution in [0.3, 0.4) is 0 Å². The number of rotatable bonds is 4. The van der Waals surface area contributed by atoms with E-state index < -0.39 is 5.82 Å². The number of thiophene rings is 1. The molecule has 1 fully saturated rings. The highest BCUT2D eigenvalue weighted by Gasteiger charge is 2.29. The fourth-order valence-corrected chi connectivity index (χ4v) is 6.58. The fraction of sp³-hybridized carbons (Fsp3) is 0.500. The van der Waals surface area contributed by atoms with Crippen LogP contribution < -0.4 is 16.2 Å². The van der Waals surface area contributed by atoms with Crippen LogP contribution in [-0.4, -0.2) is 33.4 Å². The number of amidine groups is 1. The van der Waals surface area contributed by atoms with Crippen LogP contribution >= 0.6 is 11.3 Å². The zero-order valence-corrected chi connectivity index (χ0v) is 27.7. The first kappa shape index (κ1) is 34.0. The summed E-state index contributed by atoms with van der Waals surface area (Å²) in [5, 5.41) is 22.6. The monoisotopic (exact) mass is 607 g/mol. The van der Waals surface area contributed by atoms with Crippen LogP contribution in [-0.2, 0) is 18.0 Å². The number of phenolic OH excluding ortho intramolecular Hbond substituents is 1. The van der Waals surface area contributed by atoms with Crippen molar-refractivity contribution in [2.45, 2.75) is 93.9 Å². The summed E-state index contributed by atoms with van der Waals surface area (Å²) in [6, 6.07) is 2.47. The second-order valence-electron chi connectivity index (χ2n) is 11.4. The summed E-state index contributed by atoms with van der Waals surface area (Å²) in [7, 11) is 0. The maximum atomic E-state index is 14.5. The Morgan fingerprint density at radius 2 is 2.02 bits per heavy atom. The Bertz CT molecular complexity index is 1640. The summed E-state index contributed by atoms with van der Waals surface area (Å²) < 4.78 is 20.5. The van der Waals surface area contributed by atoms with Crippen molar-refractivity contribution in [3.63, 3.8) is 0 Å². The Morgan fingerprint density at radius 1 is 1.35 bits per heavy atom. The minimum Gasteiger partial charge on any atom is -0.507 e. The first-order valence-electron chi connectivity index (χ1n) is 15.2. The number of nitrogens with zero attached hydrogens (tertiary/aromatic N) is 4.